The van der Waals surface area contributed by atoms with Gasteiger partial charge in [-0.3, -0.25) is 0 Å². The van der Waals surface area contributed by atoms with E-state index in [1.54, 1.807) is 0 Å². The summed E-state index contributed by atoms with van der Waals surface area (Å²) in [6, 6.07) is 8.03. The van der Waals surface area contributed by atoms with Gasteiger partial charge in [-0.15, -0.1) is 0 Å². The fraction of sp³-hybridized carbons (Fsp3) is 0.333. The molecule has 0 aliphatic carbocycles. The molecule has 58 valence electrons. The van der Waals surface area contributed by atoms with Crippen molar-refractivity contribution < 1.29 is 5.11 Å². The molecular weight excluding hydrogens is 138 g/mol. The maximum Gasteiger partial charge on any atom is 0.0682 e. The first-order valence-corrected chi connectivity index (χ1v) is 3.85. The fourth-order valence-corrected chi connectivity index (χ4v) is 1.16. The molecule has 2 nitrogen and oxygen atoms in total. The van der Waals surface area contributed by atoms with Gasteiger partial charge in [0, 0.05) is 18.8 Å². The highest BCUT2D eigenvalue weighted by molar-refractivity contribution is 5.52. The molecule has 0 radical (unpaired) electrons. The van der Waals surface area contributed by atoms with Crippen molar-refractivity contribution in [3.05, 3.63) is 29.8 Å². The maximum atomic E-state index is 8.85. The van der Waals surface area contributed by atoms with Gasteiger partial charge in [0.05, 0.1) is 6.61 Å². The van der Waals surface area contributed by atoms with Gasteiger partial charge in [0.2, 0.25) is 0 Å². The Balaban J connectivity index is 2.26. The number of anilines is 1. The van der Waals surface area contributed by atoms with Crippen molar-refractivity contribution in [2.24, 2.45) is 0 Å². The van der Waals surface area contributed by atoms with E-state index >= 15 is 0 Å². The summed E-state index contributed by atoms with van der Waals surface area (Å²) < 4.78 is 0. The summed E-state index contributed by atoms with van der Waals surface area (Å²) in [6.45, 7) is 2.46. The number of benzene rings is 1. The van der Waals surface area contributed by atoms with Gasteiger partial charge in [-0.1, -0.05) is 12.1 Å². The molecule has 0 aromatic heterocycles. The zero-order valence-corrected chi connectivity index (χ0v) is 6.33. The average Bonchev–Trinajstić information content (AvgIpc) is 2.87. The lowest BCUT2D eigenvalue weighted by molar-refractivity contribution is 0.282. The molecule has 1 N–H and O–H groups in total. The summed E-state index contributed by atoms with van der Waals surface area (Å²) in [4.78, 5) is 2.26. The van der Waals surface area contributed by atoms with E-state index < -0.39 is 0 Å². The Morgan fingerprint density at radius 2 is 2.18 bits per heavy atom. The van der Waals surface area contributed by atoms with Gasteiger partial charge < -0.3 is 10.0 Å². The van der Waals surface area contributed by atoms with Crippen LogP contribution in [0.25, 0.3) is 0 Å². The molecule has 1 aromatic rings. The third kappa shape index (κ3) is 1.35. The predicted octanol–water partition coefficient (Wildman–Crippen LogP) is 0.999. The smallest absolute Gasteiger partial charge is 0.0682 e. The normalized spacial score (nSPS) is 15.2. The van der Waals surface area contributed by atoms with Gasteiger partial charge in [-0.2, -0.15) is 0 Å². The third-order valence-electron chi connectivity index (χ3n) is 1.91. The molecule has 0 spiro atoms. The first-order valence-electron chi connectivity index (χ1n) is 3.85. The van der Waals surface area contributed by atoms with Crippen LogP contribution in [0.5, 0.6) is 0 Å². The second kappa shape index (κ2) is 2.55. The van der Waals surface area contributed by atoms with Crippen LogP contribution in [0.2, 0.25) is 0 Å². The van der Waals surface area contributed by atoms with Crippen molar-refractivity contribution in [3.8, 4) is 0 Å². The summed E-state index contributed by atoms with van der Waals surface area (Å²) in [5.41, 5.74) is 2.23. The molecule has 1 aliphatic heterocycles. The lowest BCUT2D eigenvalue weighted by atomic mass is 10.2. The largest absolute Gasteiger partial charge is 0.392 e. The first-order chi connectivity index (χ1) is 5.40. The molecular formula is C9H11NO. The highest BCUT2D eigenvalue weighted by Gasteiger charge is 2.17. The summed E-state index contributed by atoms with van der Waals surface area (Å²) >= 11 is 0. The number of aliphatic hydroxyl groups excluding tert-OH is 1. The quantitative estimate of drug-likeness (QED) is 0.634. The summed E-state index contributed by atoms with van der Waals surface area (Å²) in [5, 5.41) is 8.85. The topological polar surface area (TPSA) is 23.2 Å². The van der Waals surface area contributed by atoms with E-state index in [0.717, 1.165) is 18.7 Å². The lowest BCUT2D eigenvalue weighted by Gasteiger charge is -2.03. The van der Waals surface area contributed by atoms with Crippen LogP contribution in [0.15, 0.2) is 24.3 Å². The zero-order valence-electron chi connectivity index (χ0n) is 6.33. The van der Waals surface area contributed by atoms with E-state index in [9.17, 15) is 0 Å². The van der Waals surface area contributed by atoms with Crippen LogP contribution in [0.4, 0.5) is 5.69 Å². The second-order valence-electron chi connectivity index (χ2n) is 2.82. The molecule has 1 aliphatic rings. The molecule has 1 saturated heterocycles. The summed E-state index contributed by atoms with van der Waals surface area (Å²) in [7, 11) is 0. The minimum absolute atomic E-state index is 0.141. The molecule has 0 saturated carbocycles. The zero-order chi connectivity index (χ0) is 7.68. The van der Waals surface area contributed by atoms with Gasteiger partial charge in [0.15, 0.2) is 0 Å². The van der Waals surface area contributed by atoms with E-state index in [0.29, 0.717) is 0 Å². The Hall–Kier alpha value is -1.02. The van der Waals surface area contributed by atoms with Crippen LogP contribution >= 0.6 is 0 Å². The highest BCUT2D eigenvalue weighted by Crippen LogP contribution is 2.21. The monoisotopic (exact) mass is 149 g/mol. The summed E-state index contributed by atoms with van der Waals surface area (Å²) in [5.74, 6) is 0. The van der Waals surface area contributed by atoms with E-state index in [1.807, 2.05) is 18.2 Å². The molecule has 1 fully saturated rings. The molecule has 0 atom stereocenters. The van der Waals surface area contributed by atoms with Crippen molar-refractivity contribution in [2.75, 3.05) is 18.0 Å². The first kappa shape index (κ1) is 6.68. The van der Waals surface area contributed by atoms with Gasteiger partial charge in [0.25, 0.3) is 0 Å². The van der Waals surface area contributed by atoms with Gasteiger partial charge >= 0.3 is 0 Å². The van der Waals surface area contributed by atoms with E-state index in [-0.39, 0.29) is 6.61 Å². The third-order valence-corrected chi connectivity index (χ3v) is 1.91. The fourth-order valence-electron chi connectivity index (χ4n) is 1.16. The van der Waals surface area contributed by atoms with E-state index in [2.05, 4.69) is 11.0 Å². The van der Waals surface area contributed by atoms with Crippen molar-refractivity contribution in [3.63, 3.8) is 0 Å². The lowest BCUT2D eigenvalue weighted by Crippen LogP contribution is -1.91. The maximum absolute atomic E-state index is 8.85. The average molecular weight is 149 g/mol. The van der Waals surface area contributed by atoms with Crippen LogP contribution in [0.1, 0.15) is 5.56 Å². The van der Waals surface area contributed by atoms with Gasteiger partial charge in [-0.05, 0) is 17.7 Å². The van der Waals surface area contributed by atoms with Crippen molar-refractivity contribution in [1.82, 2.24) is 0 Å². The number of rotatable bonds is 2. The summed E-state index contributed by atoms with van der Waals surface area (Å²) in [6.07, 6.45) is 0. The van der Waals surface area contributed by atoms with E-state index in [4.69, 9.17) is 5.11 Å². The number of hydrogen-bond acceptors (Lipinski definition) is 2. The molecule has 11 heavy (non-hydrogen) atoms. The van der Waals surface area contributed by atoms with E-state index in [1.165, 1.54) is 5.69 Å². The van der Waals surface area contributed by atoms with Gasteiger partial charge in [0.1, 0.15) is 0 Å². The molecule has 0 amide bonds. The second-order valence-corrected chi connectivity index (χ2v) is 2.82. The highest BCUT2D eigenvalue weighted by atomic mass is 16.3. The molecule has 0 bridgehead atoms. The van der Waals surface area contributed by atoms with Crippen LogP contribution < -0.4 is 4.90 Å². The minimum atomic E-state index is 0.141. The Bertz CT molecular complexity index is 255. The molecule has 1 aromatic carbocycles. The Morgan fingerprint density at radius 3 is 2.82 bits per heavy atom. The van der Waals surface area contributed by atoms with Crippen LogP contribution in [0, 0.1) is 0 Å². The number of nitrogens with zero attached hydrogens (tertiary/aromatic N) is 1. The molecule has 0 unspecified atom stereocenters. The Kier molecular flexibility index (Phi) is 1.55. The number of hydrogen-bond donors (Lipinski definition) is 1. The van der Waals surface area contributed by atoms with Crippen LogP contribution in [0.3, 0.4) is 0 Å². The van der Waals surface area contributed by atoms with Gasteiger partial charge in [-0.25, -0.2) is 0 Å². The minimum Gasteiger partial charge on any atom is -0.392 e. The molecule has 1 heterocycles. The van der Waals surface area contributed by atoms with Crippen LogP contribution in [-0.4, -0.2) is 18.2 Å². The van der Waals surface area contributed by atoms with Crippen molar-refractivity contribution in [2.45, 2.75) is 6.61 Å². The molecule has 2 rings (SSSR count). The SMILES string of the molecule is OCc1cccc(N2CC2)c1. The Morgan fingerprint density at radius 1 is 1.36 bits per heavy atom. The van der Waals surface area contributed by atoms with Crippen molar-refractivity contribution >= 4 is 5.69 Å². The predicted molar refractivity (Wildman–Crippen MR) is 44.6 cm³/mol. The van der Waals surface area contributed by atoms with Crippen molar-refractivity contribution in [1.29, 1.82) is 0 Å². The molecule has 2 heteroatoms. The Labute approximate surface area is 66.1 Å². The van der Waals surface area contributed by atoms with Crippen LogP contribution in [-0.2, 0) is 6.61 Å². The number of aliphatic hydroxyl groups is 1. The standard InChI is InChI=1S/C9H11NO/c11-7-8-2-1-3-9(6-8)10-4-5-10/h1-3,6,11H,4-5,7H2.